The van der Waals surface area contributed by atoms with E-state index in [1.165, 1.54) is 0 Å². The fraction of sp³-hybridized carbons (Fsp3) is 0.174. The van der Waals surface area contributed by atoms with Gasteiger partial charge in [0.15, 0.2) is 0 Å². The van der Waals surface area contributed by atoms with Gasteiger partial charge in [-0.25, -0.2) is 0 Å². The van der Waals surface area contributed by atoms with Crippen molar-refractivity contribution in [3.8, 4) is 22.6 Å². The van der Waals surface area contributed by atoms with E-state index in [0.29, 0.717) is 18.5 Å². The van der Waals surface area contributed by atoms with E-state index in [0.717, 1.165) is 28.2 Å². The first kappa shape index (κ1) is 18.5. The van der Waals surface area contributed by atoms with Crippen LogP contribution in [-0.2, 0) is 6.42 Å². The number of hydrogen-bond acceptors (Lipinski definition) is 3. The lowest BCUT2D eigenvalue weighted by Gasteiger charge is -2.11. The van der Waals surface area contributed by atoms with Gasteiger partial charge in [0.2, 0.25) is 0 Å². The maximum atomic E-state index is 12.4. The van der Waals surface area contributed by atoms with Crippen molar-refractivity contribution in [2.45, 2.75) is 6.42 Å². The van der Waals surface area contributed by atoms with Crippen LogP contribution >= 0.6 is 0 Å². The number of ether oxygens (including phenoxy) is 2. The summed E-state index contributed by atoms with van der Waals surface area (Å²) >= 11 is 0. The molecule has 0 saturated heterocycles. The Morgan fingerprint density at radius 2 is 1.56 bits per heavy atom. The first-order chi connectivity index (χ1) is 13.2. The van der Waals surface area contributed by atoms with Crippen LogP contribution in [0.3, 0.4) is 0 Å². The van der Waals surface area contributed by atoms with Crippen molar-refractivity contribution in [2.24, 2.45) is 0 Å². The SMILES string of the molecule is COc1ccc(OC)c(CCNC(=O)c2ccc(-c3ccccc3)cc2)c1. The highest BCUT2D eigenvalue weighted by Gasteiger charge is 2.08. The Labute approximate surface area is 159 Å². The minimum Gasteiger partial charge on any atom is -0.497 e. The van der Waals surface area contributed by atoms with Crippen LogP contribution < -0.4 is 14.8 Å². The quantitative estimate of drug-likeness (QED) is 0.681. The average Bonchev–Trinajstić information content (AvgIpc) is 2.74. The van der Waals surface area contributed by atoms with Crippen LogP contribution in [0, 0.1) is 0 Å². The number of nitrogens with one attached hydrogen (secondary N) is 1. The Kier molecular flexibility index (Phi) is 6.10. The Bertz CT molecular complexity index is 889. The van der Waals surface area contributed by atoms with Crippen LogP contribution in [-0.4, -0.2) is 26.7 Å². The van der Waals surface area contributed by atoms with Gasteiger partial charge in [-0.15, -0.1) is 0 Å². The second-order valence-electron chi connectivity index (χ2n) is 6.13. The molecular formula is C23H23NO3. The van der Waals surface area contributed by atoms with E-state index in [9.17, 15) is 4.79 Å². The first-order valence-corrected chi connectivity index (χ1v) is 8.86. The summed E-state index contributed by atoms with van der Waals surface area (Å²) in [7, 11) is 3.27. The Balaban J connectivity index is 1.60. The zero-order valence-corrected chi connectivity index (χ0v) is 15.6. The van der Waals surface area contributed by atoms with Crippen LogP contribution in [0.5, 0.6) is 11.5 Å². The van der Waals surface area contributed by atoms with Crippen LogP contribution in [0.25, 0.3) is 11.1 Å². The van der Waals surface area contributed by atoms with Gasteiger partial charge in [0.05, 0.1) is 14.2 Å². The molecule has 4 heteroatoms. The Hall–Kier alpha value is -3.27. The molecular weight excluding hydrogens is 338 g/mol. The lowest BCUT2D eigenvalue weighted by molar-refractivity contribution is 0.0954. The summed E-state index contributed by atoms with van der Waals surface area (Å²) in [4.78, 5) is 12.4. The lowest BCUT2D eigenvalue weighted by atomic mass is 10.0. The molecule has 0 aliphatic heterocycles. The molecule has 1 N–H and O–H groups in total. The number of benzene rings is 3. The van der Waals surface area contributed by atoms with E-state index >= 15 is 0 Å². The van der Waals surface area contributed by atoms with Crippen molar-refractivity contribution < 1.29 is 14.3 Å². The summed E-state index contributed by atoms with van der Waals surface area (Å²) in [6.45, 7) is 0.517. The highest BCUT2D eigenvalue weighted by Crippen LogP contribution is 2.24. The van der Waals surface area contributed by atoms with Crippen LogP contribution in [0.2, 0.25) is 0 Å². The van der Waals surface area contributed by atoms with Gasteiger partial charge in [0, 0.05) is 12.1 Å². The van der Waals surface area contributed by atoms with Crippen LogP contribution in [0.15, 0.2) is 72.8 Å². The minimum atomic E-state index is -0.0866. The zero-order chi connectivity index (χ0) is 19.1. The molecule has 0 fully saturated rings. The van der Waals surface area contributed by atoms with Gasteiger partial charge in [0.1, 0.15) is 11.5 Å². The van der Waals surface area contributed by atoms with Crippen molar-refractivity contribution in [1.29, 1.82) is 0 Å². The molecule has 0 unspecified atom stereocenters. The number of carbonyl (C=O) groups is 1. The van der Waals surface area contributed by atoms with Crippen LogP contribution in [0.1, 0.15) is 15.9 Å². The number of amides is 1. The van der Waals surface area contributed by atoms with Crippen molar-refractivity contribution in [3.63, 3.8) is 0 Å². The smallest absolute Gasteiger partial charge is 0.251 e. The molecule has 0 spiro atoms. The zero-order valence-electron chi connectivity index (χ0n) is 15.6. The number of rotatable bonds is 7. The van der Waals surface area contributed by atoms with E-state index in [4.69, 9.17) is 9.47 Å². The minimum absolute atomic E-state index is 0.0866. The molecule has 3 rings (SSSR count). The second-order valence-corrected chi connectivity index (χ2v) is 6.13. The molecule has 3 aromatic carbocycles. The molecule has 0 aliphatic rings. The molecule has 0 radical (unpaired) electrons. The standard InChI is InChI=1S/C23H23NO3/c1-26-21-12-13-22(27-2)20(16-21)14-15-24-23(25)19-10-8-18(9-11-19)17-6-4-3-5-7-17/h3-13,16H,14-15H2,1-2H3,(H,24,25). The summed E-state index contributed by atoms with van der Waals surface area (Å²) in [5, 5.41) is 2.96. The Morgan fingerprint density at radius 1 is 0.852 bits per heavy atom. The molecule has 0 atom stereocenters. The van der Waals surface area contributed by atoms with E-state index in [1.807, 2.05) is 60.7 Å². The topological polar surface area (TPSA) is 47.6 Å². The molecule has 1 amide bonds. The van der Waals surface area contributed by atoms with Gasteiger partial charge in [0.25, 0.3) is 5.91 Å². The highest BCUT2D eigenvalue weighted by atomic mass is 16.5. The van der Waals surface area contributed by atoms with E-state index in [-0.39, 0.29) is 5.91 Å². The maximum absolute atomic E-state index is 12.4. The highest BCUT2D eigenvalue weighted by molar-refractivity contribution is 5.94. The van der Waals surface area contributed by atoms with Crippen molar-refractivity contribution in [2.75, 3.05) is 20.8 Å². The normalized spacial score (nSPS) is 10.3. The first-order valence-electron chi connectivity index (χ1n) is 8.86. The van der Waals surface area contributed by atoms with Gasteiger partial charge in [-0.2, -0.15) is 0 Å². The van der Waals surface area contributed by atoms with Gasteiger partial charge in [-0.05, 0) is 53.4 Å². The predicted molar refractivity (Wildman–Crippen MR) is 107 cm³/mol. The molecule has 138 valence electrons. The van der Waals surface area contributed by atoms with Crippen molar-refractivity contribution in [1.82, 2.24) is 5.32 Å². The van der Waals surface area contributed by atoms with Gasteiger partial charge in [-0.3, -0.25) is 4.79 Å². The number of carbonyl (C=O) groups excluding carboxylic acids is 1. The third kappa shape index (κ3) is 4.67. The fourth-order valence-corrected chi connectivity index (χ4v) is 2.93. The lowest BCUT2D eigenvalue weighted by Crippen LogP contribution is -2.25. The molecule has 0 saturated carbocycles. The molecule has 27 heavy (non-hydrogen) atoms. The number of hydrogen-bond donors (Lipinski definition) is 1. The molecule has 3 aromatic rings. The van der Waals surface area contributed by atoms with Crippen molar-refractivity contribution >= 4 is 5.91 Å². The summed E-state index contributed by atoms with van der Waals surface area (Å²) in [5.74, 6) is 1.47. The third-order valence-corrected chi connectivity index (χ3v) is 4.42. The molecule has 0 heterocycles. The predicted octanol–water partition coefficient (Wildman–Crippen LogP) is 4.34. The van der Waals surface area contributed by atoms with E-state index in [1.54, 1.807) is 14.2 Å². The van der Waals surface area contributed by atoms with Crippen LogP contribution in [0.4, 0.5) is 0 Å². The maximum Gasteiger partial charge on any atom is 0.251 e. The Morgan fingerprint density at radius 3 is 2.22 bits per heavy atom. The molecule has 0 aliphatic carbocycles. The largest absolute Gasteiger partial charge is 0.497 e. The van der Waals surface area contributed by atoms with Gasteiger partial charge >= 0.3 is 0 Å². The number of methoxy groups -OCH3 is 2. The monoisotopic (exact) mass is 361 g/mol. The fourth-order valence-electron chi connectivity index (χ4n) is 2.93. The van der Waals surface area contributed by atoms with Crippen molar-refractivity contribution in [3.05, 3.63) is 83.9 Å². The third-order valence-electron chi connectivity index (χ3n) is 4.42. The summed E-state index contributed by atoms with van der Waals surface area (Å²) in [6.07, 6.45) is 0.661. The van der Waals surface area contributed by atoms with Gasteiger partial charge in [-0.1, -0.05) is 42.5 Å². The summed E-state index contributed by atoms with van der Waals surface area (Å²) in [5.41, 5.74) is 3.87. The summed E-state index contributed by atoms with van der Waals surface area (Å²) in [6, 6.07) is 23.4. The molecule has 0 aromatic heterocycles. The van der Waals surface area contributed by atoms with E-state index in [2.05, 4.69) is 17.4 Å². The average molecular weight is 361 g/mol. The second kappa shape index (κ2) is 8.90. The molecule has 4 nitrogen and oxygen atoms in total. The summed E-state index contributed by atoms with van der Waals surface area (Å²) < 4.78 is 10.6. The molecule has 0 bridgehead atoms. The van der Waals surface area contributed by atoms with Gasteiger partial charge < -0.3 is 14.8 Å². The van der Waals surface area contributed by atoms with E-state index < -0.39 is 0 Å².